The van der Waals surface area contributed by atoms with Crippen LogP contribution in [-0.2, 0) is 24.7 Å². The summed E-state index contributed by atoms with van der Waals surface area (Å²) in [6.45, 7) is 6.77. The number of rotatable bonds is 0. The topological polar surface area (TPSA) is 0 Å². The molecule has 0 nitrogen and oxygen atoms in total. The van der Waals surface area contributed by atoms with E-state index in [4.69, 9.17) is 0 Å². The van der Waals surface area contributed by atoms with E-state index in [1.165, 1.54) is 13.5 Å². The van der Waals surface area contributed by atoms with E-state index in [1.54, 1.807) is 30.3 Å². The molecule has 0 N–H and O–H groups in total. The molecule has 0 aromatic heterocycles. The van der Waals surface area contributed by atoms with Crippen LogP contribution in [0, 0.1) is 0 Å². The molecule has 1 rings (SSSR count). The van der Waals surface area contributed by atoms with Gasteiger partial charge in [-0.3, -0.25) is 0 Å². The summed E-state index contributed by atoms with van der Waals surface area (Å²) >= 11 is 1.64. The summed E-state index contributed by atoms with van der Waals surface area (Å²) in [5.74, 6) is 0. The molecule has 9 heavy (non-hydrogen) atoms. The minimum absolute atomic E-state index is 0.511. The van der Waals surface area contributed by atoms with Crippen LogP contribution < -0.4 is 0 Å². The molecule has 0 radical (unpaired) electrons. The van der Waals surface area contributed by atoms with E-state index in [9.17, 15) is 0 Å². The van der Waals surface area contributed by atoms with Gasteiger partial charge in [-0.25, -0.2) is 0 Å². The third-order valence-corrected chi connectivity index (χ3v) is 4.67. The van der Waals surface area contributed by atoms with E-state index in [2.05, 4.69) is 26.8 Å². The fraction of sp³-hybridized carbons (Fsp3) is 0.571. The maximum absolute atomic E-state index is 2.33. The Hall–Kier alpha value is 0.793. The Morgan fingerprint density at radius 3 is 2.22 bits per heavy atom. The molecule has 1 atom stereocenters. The second-order valence-electron chi connectivity index (χ2n) is 2.65. The van der Waals surface area contributed by atoms with E-state index in [-0.39, 0.29) is 0 Å². The van der Waals surface area contributed by atoms with Crippen LogP contribution in [0.15, 0.2) is 11.6 Å². The van der Waals surface area contributed by atoms with E-state index >= 15 is 0 Å². The van der Waals surface area contributed by atoms with Gasteiger partial charge in [0.05, 0.1) is 0 Å². The second kappa shape index (κ2) is 2.44. The van der Waals surface area contributed by atoms with Gasteiger partial charge in [0.2, 0.25) is 0 Å². The van der Waals surface area contributed by atoms with Crippen molar-refractivity contribution in [2.45, 2.75) is 23.6 Å². The summed E-state index contributed by atoms with van der Waals surface area (Å²) in [7, 11) is 1.52. The normalized spacial score (nSPS) is 35.8. The van der Waals surface area contributed by atoms with E-state index in [0.717, 1.165) is 0 Å². The standard InChI is InChI=1S/C7H10P.Zr/c1-5-4-6(2)8-7(5)3;/h4H,1-3H3;. The van der Waals surface area contributed by atoms with Gasteiger partial charge in [-0.05, 0) is 0 Å². The second-order valence-corrected chi connectivity index (χ2v) is 7.97. The van der Waals surface area contributed by atoms with Gasteiger partial charge in [-0.1, -0.05) is 0 Å². The Balaban J connectivity index is 2.96. The van der Waals surface area contributed by atoms with Gasteiger partial charge in [0.15, 0.2) is 0 Å². The van der Waals surface area contributed by atoms with Gasteiger partial charge in [0, 0.05) is 0 Å². The average molecular weight is 216 g/mol. The summed E-state index contributed by atoms with van der Waals surface area (Å²) in [6.07, 6.45) is 2.32. The first-order valence-electron chi connectivity index (χ1n) is 3.02. The average Bonchev–Trinajstić information content (AvgIpc) is 1.79. The van der Waals surface area contributed by atoms with Crippen LogP contribution >= 0.6 is 8.20 Å². The number of hydrogen-bond donors (Lipinski definition) is 0. The molecule has 47 valence electrons. The van der Waals surface area contributed by atoms with Crippen molar-refractivity contribution in [3.8, 4) is 0 Å². The van der Waals surface area contributed by atoms with Crippen molar-refractivity contribution in [3.05, 3.63) is 11.6 Å². The first-order valence-corrected chi connectivity index (χ1v) is 5.15. The molecule has 0 bridgehead atoms. The van der Waals surface area contributed by atoms with Crippen molar-refractivity contribution in [2.75, 3.05) is 0 Å². The van der Waals surface area contributed by atoms with Crippen molar-refractivity contribution in [1.29, 1.82) is 0 Å². The molecule has 0 aromatic carbocycles. The molecule has 1 aliphatic heterocycles. The molecule has 1 aliphatic rings. The van der Waals surface area contributed by atoms with Crippen LogP contribution in [0.3, 0.4) is 0 Å². The molecule has 2 heteroatoms. The van der Waals surface area contributed by atoms with Gasteiger partial charge < -0.3 is 0 Å². The quantitative estimate of drug-likeness (QED) is 0.545. The minimum atomic E-state index is 0.511. The zero-order chi connectivity index (χ0) is 7.07. The Bertz CT molecular complexity index is 189. The van der Waals surface area contributed by atoms with Crippen LogP contribution in [-0.4, -0.2) is 8.16 Å². The number of hydrogen-bond acceptors (Lipinski definition) is 0. The predicted octanol–water partition coefficient (Wildman–Crippen LogP) is 2.35. The first kappa shape index (κ1) is 7.90. The van der Waals surface area contributed by atoms with Gasteiger partial charge in [-0.2, -0.15) is 0 Å². The Kier molecular flexibility index (Phi) is 2.14. The van der Waals surface area contributed by atoms with Crippen LogP contribution in [0.25, 0.3) is 0 Å². The summed E-state index contributed by atoms with van der Waals surface area (Å²) in [5.41, 5.74) is 1.56. The van der Waals surface area contributed by atoms with Crippen LogP contribution in [0.4, 0.5) is 0 Å². The van der Waals surface area contributed by atoms with Crippen molar-refractivity contribution >= 4 is 13.5 Å². The Morgan fingerprint density at radius 1 is 1.56 bits per heavy atom. The molecular weight excluding hydrogens is 206 g/mol. The van der Waals surface area contributed by atoms with Gasteiger partial charge in [0.25, 0.3) is 0 Å². The zero-order valence-electron chi connectivity index (χ0n) is 6.02. The Labute approximate surface area is 73.4 Å². The first-order chi connectivity index (χ1) is 4.02. The third kappa shape index (κ3) is 1.63. The SMILES string of the molecule is CC1=CC(C)=P[C]1(C)[Zr]. The molecular formula is C7H10PZr. The van der Waals surface area contributed by atoms with E-state index in [0.29, 0.717) is 2.86 Å². The summed E-state index contributed by atoms with van der Waals surface area (Å²) in [4.78, 5) is 0. The van der Waals surface area contributed by atoms with Gasteiger partial charge >= 0.3 is 73.5 Å². The summed E-state index contributed by atoms with van der Waals surface area (Å²) < 4.78 is 0.511. The van der Waals surface area contributed by atoms with Crippen molar-refractivity contribution in [3.63, 3.8) is 0 Å². The molecule has 0 aliphatic carbocycles. The molecule has 1 heterocycles. The molecule has 1 unspecified atom stereocenters. The van der Waals surface area contributed by atoms with E-state index in [1.807, 2.05) is 0 Å². The Morgan fingerprint density at radius 2 is 2.11 bits per heavy atom. The summed E-state index contributed by atoms with van der Waals surface area (Å²) in [6, 6.07) is 0. The molecule has 0 spiro atoms. The predicted molar refractivity (Wildman–Crippen MR) is 39.8 cm³/mol. The molecule has 0 saturated carbocycles. The maximum atomic E-state index is 2.33. The van der Waals surface area contributed by atoms with Gasteiger partial charge in [-0.15, -0.1) is 0 Å². The van der Waals surface area contributed by atoms with E-state index < -0.39 is 0 Å². The van der Waals surface area contributed by atoms with Crippen LogP contribution in [0.5, 0.6) is 0 Å². The fourth-order valence-corrected chi connectivity index (χ4v) is 3.61. The van der Waals surface area contributed by atoms with Gasteiger partial charge in [0.1, 0.15) is 0 Å². The molecule has 0 saturated heterocycles. The van der Waals surface area contributed by atoms with Crippen LogP contribution in [0.1, 0.15) is 20.8 Å². The number of allylic oxidation sites excluding steroid dienone is 2. The molecule has 0 amide bonds. The molecule has 0 aromatic rings. The molecule has 0 fully saturated rings. The van der Waals surface area contributed by atoms with Crippen molar-refractivity contribution < 1.29 is 24.7 Å². The summed E-state index contributed by atoms with van der Waals surface area (Å²) in [5, 5.41) is 1.52. The monoisotopic (exact) mass is 215 g/mol. The van der Waals surface area contributed by atoms with Crippen LogP contribution in [0.2, 0.25) is 0 Å². The van der Waals surface area contributed by atoms with Crippen molar-refractivity contribution in [1.82, 2.24) is 0 Å². The fourth-order valence-electron chi connectivity index (χ4n) is 0.927. The van der Waals surface area contributed by atoms with Crippen molar-refractivity contribution in [2.24, 2.45) is 0 Å². The zero-order valence-corrected chi connectivity index (χ0v) is 9.38. The third-order valence-electron chi connectivity index (χ3n) is 1.59.